The van der Waals surface area contributed by atoms with Crippen LogP contribution in [0.2, 0.25) is 0 Å². The van der Waals surface area contributed by atoms with Gasteiger partial charge in [-0.1, -0.05) is 13.8 Å². The summed E-state index contributed by atoms with van der Waals surface area (Å²) in [5, 5.41) is 4.57. The number of hydrogen-bond donors (Lipinski definition) is 0. The molecule has 0 saturated carbocycles. The largest absolute Gasteiger partial charge is 0.379 e. The summed E-state index contributed by atoms with van der Waals surface area (Å²) in [6.07, 6.45) is 4.43. The Labute approximate surface area is 85.1 Å². The van der Waals surface area contributed by atoms with Gasteiger partial charge < -0.3 is 4.74 Å². The van der Waals surface area contributed by atoms with Crippen LogP contribution in [0.3, 0.4) is 0 Å². The zero-order valence-corrected chi connectivity index (χ0v) is 8.94. The summed E-state index contributed by atoms with van der Waals surface area (Å²) < 4.78 is 7.51. The van der Waals surface area contributed by atoms with Crippen molar-refractivity contribution in [1.82, 2.24) is 9.78 Å². The zero-order valence-electron chi connectivity index (χ0n) is 8.94. The van der Waals surface area contributed by atoms with E-state index in [1.54, 1.807) is 0 Å². The van der Waals surface area contributed by atoms with Crippen LogP contribution in [-0.4, -0.2) is 23.0 Å². The molecule has 2 rings (SSSR count). The monoisotopic (exact) mass is 194 g/mol. The van der Waals surface area contributed by atoms with E-state index in [9.17, 15) is 0 Å². The lowest BCUT2D eigenvalue weighted by molar-refractivity contribution is 0.0548. The van der Waals surface area contributed by atoms with Gasteiger partial charge in [0.15, 0.2) is 0 Å². The van der Waals surface area contributed by atoms with Crippen LogP contribution in [0.15, 0.2) is 12.3 Å². The van der Waals surface area contributed by atoms with Crippen LogP contribution in [-0.2, 0) is 4.74 Å². The average Bonchev–Trinajstić information content (AvgIpc) is 2.68. The first-order valence-electron chi connectivity index (χ1n) is 5.40. The van der Waals surface area contributed by atoms with E-state index in [0.717, 1.165) is 19.6 Å². The van der Waals surface area contributed by atoms with E-state index in [2.05, 4.69) is 35.9 Å². The van der Waals surface area contributed by atoms with Gasteiger partial charge in [0.05, 0.1) is 18.3 Å². The Balaban J connectivity index is 2.07. The number of hydrogen-bond acceptors (Lipinski definition) is 2. The maximum atomic E-state index is 5.45. The molecule has 78 valence electrons. The number of rotatable bonds is 2. The van der Waals surface area contributed by atoms with Gasteiger partial charge in [-0.2, -0.15) is 5.10 Å². The lowest BCUT2D eigenvalue weighted by Gasteiger charge is -2.22. The van der Waals surface area contributed by atoms with E-state index in [0.29, 0.717) is 12.0 Å². The quantitative estimate of drug-likeness (QED) is 0.722. The molecule has 1 unspecified atom stereocenters. The number of aromatic nitrogens is 2. The lowest BCUT2D eigenvalue weighted by atomic mass is 10.1. The van der Waals surface area contributed by atoms with Crippen molar-refractivity contribution in [2.75, 3.05) is 13.2 Å². The van der Waals surface area contributed by atoms with Crippen molar-refractivity contribution in [3.8, 4) is 0 Å². The van der Waals surface area contributed by atoms with E-state index in [1.807, 2.05) is 0 Å². The highest BCUT2D eigenvalue weighted by Crippen LogP contribution is 2.20. The highest BCUT2D eigenvalue weighted by molar-refractivity contribution is 5.04. The van der Waals surface area contributed by atoms with Crippen molar-refractivity contribution in [3.05, 3.63) is 18.0 Å². The first-order chi connectivity index (χ1) is 6.77. The fraction of sp³-hybridized carbons (Fsp3) is 0.727. The predicted octanol–water partition coefficient (Wildman–Crippen LogP) is 2.36. The summed E-state index contributed by atoms with van der Waals surface area (Å²) in [6.45, 7) is 6.07. The summed E-state index contributed by atoms with van der Waals surface area (Å²) in [4.78, 5) is 0. The van der Waals surface area contributed by atoms with E-state index >= 15 is 0 Å². The molecule has 0 spiro atoms. The van der Waals surface area contributed by atoms with Crippen molar-refractivity contribution in [2.45, 2.75) is 38.6 Å². The minimum Gasteiger partial charge on any atom is -0.379 e. The van der Waals surface area contributed by atoms with Gasteiger partial charge in [0, 0.05) is 12.8 Å². The standard InChI is InChI=1S/C11H18N2O/c1-9(2)11-5-6-13(12-11)10-4-3-7-14-8-10/h5-6,9-10H,3-4,7-8H2,1-2H3. The minimum atomic E-state index is 0.455. The SMILES string of the molecule is CC(C)c1ccn(C2CCCOC2)n1. The first-order valence-corrected chi connectivity index (χ1v) is 5.40. The molecular formula is C11H18N2O. The van der Waals surface area contributed by atoms with Crippen LogP contribution in [0.4, 0.5) is 0 Å². The van der Waals surface area contributed by atoms with E-state index in [1.165, 1.54) is 12.1 Å². The molecule has 1 aromatic heterocycles. The third kappa shape index (κ3) is 1.98. The third-order valence-electron chi connectivity index (χ3n) is 2.73. The Morgan fingerprint density at radius 3 is 3.00 bits per heavy atom. The highest BCUT2D eigenvalue weighted by Gasteiger charge is 2.16. The molecule has 1 atom stereocenters. The third-order valence-corrected chi connectivity index (χ3v) is 2.73. The smallest absolute Gasteiger partial charge is 0.0753 e. The highest BCUT2D eigenvalue weighted by atomic mass is 16.5. The van der Waals surface area contributed by atoms with Crippen molar-refractivity contribution >= 4 is 0 Å². The van der Waals surface area contributed by atoms with Gasteiger partial charge in [-0.25, -0.2) is 0 Å². The molecule has 0 N–H and O–H groups in total. The van der Waals surface area contributed by atoms with Crippen LogP contribution >= 0.6 is 0 Å². The fourth-order valence-electron chi connectivity index (χ4n) is 1.80. The molecule has 0 aromatic carbocycles. The molecule has 1 aliphatic heterocycles. The van der Waals surface area contributed by atoms with E-state index < -0.39 is 0 Å². The zero-order chi connectivity index (χ0) is 9.97. The van der Waals surface area contributed by atoms with Gasteiger partial charge in [-0.15, -0.1) is 0 Å². The van der Waals surface area contributed by atoms with Crippen molar-refractivity contribution in [1.29, 1.82) is 0 Å². The molecule has 3 nitrogen and oxygen atoms in total. The maximum absolute atomic E-state index is 5.45. The molecule has 14 heavy (non-hydrogen) atoms. The van der Waals surface area contributed by atoms with Crippen LogP contribution in [0.5, 0.6) is 0 Å². The molecule has 1 aliphatic rings. The van der Waals surface area contributed by atoms with Gasteiger partial charge in [-0.05, 0) is 24.8 Å². The Hall–Kier alpha value is -0.830. The molecule has 1 saturated heterocycles. The Morgan fingerprint density at radius 2 is 2.43 bits per heavy atom. The minimum absolute atomic E-state index is 0.455. The normalized spacial score (nSPS) is 22.9. The first kappa shape index (κ1) is 9.71. The van der Waals surface area contributed by atoms with Gasteiger partial charge in [0.25, 0.3) is 0 Å². The average molecular weight is 194 g/mol. The molecular weight excluding hydrogens is 176 g/mol. The van der Waals surface area contributed by atoms with Crippen molar-refractivity contribution in [3.63, 3.8) is 0 Å². The van der Waals surface area contributed by atoms with Gasteiger partial charge in [0.2, 0.25) is 0 Å². The van der Waals surface area contributed by atoms with E-state index in [4.69, 9.17) is 4.74 Å². The molecule has 1 fully saturated rings. The van der Waals surface area contributed by atoms with Gasteiger partial charge in [-0.3, -0.25) is 4.68 Å². The second-order valence-corrected chi connectivity index (χ2v) is 4.25. The summed E-state index contributed by atoms with van der Waals surface area (Å²) in [5.41, 5.74) is 1.18. The van der Waals surface area contributed by atoms with E-state index in [-0.39, 0.29) is 0 Å². The molecule has 0 aliphatic carbocycles. The van der Waals surface area contributed by atoms with Crippen LogP contribution < -0.4 is 0 Å². The van der Waals surface area contributed by atoms with Crippen LogP contribution in [0.25, 0.3) is 0 Å². The van der Waals surface area contributed by atoms with Crippen molar-refractivity contribution in [2.24, 2.45) is 0 Å². The second-order valence-electron chi connectivity index (χ2n) is 4.25. The number of nitrogens with zero attached hydrogens (tertiary/aromatic N) is 2. The Morgan fingerprint density at radius 1 is 1.57 bits per heavy atom. The molecule has 0 radical (unpaired) electrons. The molecule has 3 heteroatoms. The van der Waals surface area contributed by atoms with Gasteiger partial charge in [0.1, 0.15) is 0 Å². The topological polar surface area (TPSA) is 27.1 Å². The van der Waals surface area contributed by atoms with Crippen LogP contribution in [0, 0.1) is 0 Å². The number of ether oxygens (including phenoxy) is 1. The van der Waals surface area contributed by atoms with Crippen LogP contribution in [0.1, 0.15) is 44.3 Å². The summed E-state index contributed by atoms with van der Waals surface area (Å²) in [5.74, 6) is 0.515. The molecule has 0 amide bonds. The summed E-state index contributed by atoms with van der Waals surface area (Å²) in [6, 6.07) is 2.57. The summed E-state index contributed by atoms with van der Waals surface area (Å²) >= 11 is 0. The van der Waals surface area contributed by atoms with Crippen molar-refractivity contribution < 1.29 is 4.74 Å². The molecule has 0 bridgehead atoms. The Kier molecular flexibility index (Phi) is 2.87. The lowest BCUT2D eigenvalue weighted by Crippen LogP contribution is -2.21. The molecule has 1 aromatic rings. The fourth-order valence-corrected chi connectivity index (χ4v) is 1.80. The second kappa shape index (κ2) is 4.13. The maximum Gasteiger partial charge on any atom is 0.0753 e. The Bertz CT molecular complexity index is 287. The predicted molar refractivity (Wildman–Crippen MR) is 55.4 cm³/mol. The molecule has 2 heterocycles. The summed E-state index contributed by atoms with van der Waals surface area (Å²) in [7, 11) is 0. The van der Waals surface area contributed by atoms with Gasteiger partial charge >= 0.3 is 0 Å².